The Hall–Kier alpha value is -3.15. The Morgan fingerprint density at radius 3 is 2.65 bits per heavy atom. The fourth-order valence-corrected chi connectivity index (χ4v) is 4.50. The van der Waals surface area contributed by atoms with Crippen LogP contribution in [0.25, 0.3) is 10.9 Å². The number of para-hydroxylation sites is 1. The average Bonchev–Trinajstić information content (AvgIpc) is 3.20. The van der Waals surface area contributed by atoms with E-state index in [0.717, 1.165) is 34.0 Å². The molecule has 3 aromatic carbocycles. The van der Waals surface area contributed by atoms with Gasteiger partial charge in [0.2, 0.25) is 5.91 Å². The molecular weight excluding hydrogens is 451 g/mol. The summed E-state index contributed by atoms with van der Waals surface area (Å²) in [5, 5.41) is 4.73. The normalized spacial score (nSPS) is 12.1. The molecule has 0 radical (unpaired) electrons. The van der Waals surface area contributed by atoms with Gasteiger partial charge in [0, 0.05) is 61.3 Å². The lowest BCUT2D eigenvalue weighted by atomic mass is 9.88. The average molecular weight is 479 g/mol. The van der Waals surface area contributed by atoms with Crippen molar-refractivity contribution in [2.75, 3.05) is 20.3 Å². The van der Waals surface area contributed by atoms with Crippen molar-refractivity contribution in [2.24, 2.45) is 0 Å². The predicted octanol–water partition coefficient (Wildman–Crippen LogP) is 6.16. The minimum absolute atomic E-state index is 0.0172. The molecule has 1 amide bonds. The minimum Gasteiger partial charge on any atom is -0.385 e. The van der Waals surface area contributed by atoms with E-state index in [1.165, 1.54) is 12.1 Å². The van der Waals surface area contributed by atoms with Crippen molar-refractivity contribution in [1.82, 2.24) is 9.88 Å². The number of nitrogens with zero attached hydrogens (tertiary/aromatic N) is 1. The summed E-state index contributed by atoms with van der Waals surface area (Å²) in [6, 6.07) is 22.4. The molecule has 0 fully saturated rings. The summed E-state index contributed by atoms with van der Waals surface area (Å²) < 4.78 is 20.6. The molecule has 4 rings (SSSR count). The van der Waals surface area contributed by atoms with Gasteiger partial charge in [-0.1, -0.05) is 54.1 Å². The number of aromatic nitrogens is 1. The first-order valence-corrected chi connectivity index (χ1v) is 11.8. The van der Waals surface area contributed by atoms with Crippen LogP contribution in [0.4, 0.5) is 4.39 Å². The molecule has 4 aromatic rings. The Balaban J connectivity index is 1.70. The summed E-state index contributed by atoms with van der Waals surface area (Å²) in [5.74, 6) is -0.434. The van der Waals surface area contributed by atoms with E-state index in [0.29, 0.717) is 31.1 Å². The first kappa shape index (κ1) is 24.0. The molecule has 0 aliphatic rings. The summed E-state index contributed by atoms with van der Waals surface area (Å²) >= 11 is 6.32. The van der Waals surface area contributed by atoms with Crippen molar-refractivity contribution in [2.45, 2.75) is 25.3 Å². The summed E-state index contributed by atoms with van der Waals surface area (Å²) in [6.45, 7) is 1.78. The number of hydrogen-bond acceptors (Lipinski definition) is 2. The molecule has 1 heterocycles. The second kappa shape index (κ2) is 11.3. The summed E-state index contributed by atoms with van der Waals surface area (Å²) in [6.07, 6.45) is 3.18. The van der Waals surface area contributed by atoms with E-state index >= 15 is 0 Å². The molecule has 0 saturated heterocycles. The minimum atomic E-state index is -0.251. The predicted molar refractivity (Wildman–Crippen MR) is 135 cm³/mol. The second-order valence-corrected chi connectivity index (χ2v) is 8.80. The number of amides is 1. The Morgan fingerprint density at radius 2 is 1.88 bits per heavy atom. The van der Waals surface area contributed by atoms with Gasteiger partial charge in [-0.05, 0) is 53.4 Å². The highest BCUT2D eigenvalue weighted by atomic mass is 35.5. The molecule has 34 heavy (non-hydrogen) atoms. The van der Waals surface area contributed by atoms with Gasteiger partial charge in [-0.15, -0.1) is 0 Å². The van der Waals surface area contributed by atoms with Crippen LogP contribution in [0.5, 0.6) is 0 Å². The van der Waals surface area contributed by atoms with Crippen LogP contribution in [-0.2, 0) is 16.1 Å². The quantitative estimate of drug-likeness (QED) is 0.277. The van der Waals surface area contributed by atoms with Gasteiger partial charge in [-0.3, -0.25) is 4.79 Å². The third kappa shape index (κ3) is 5.85. The molecule has 176 valence electrons. The van der Waals surface area contributed by atoms with Crippen LogP contribution in [0.2, 0.25) is 5.02 Å². The van der Waals surface area contributed by atoms with Crippen LogP contribution in [0, 0.1) is 5.82 Å². The highest BCUT2D eigenvalue weighted by Crippen LogP contribution is 2.36. The van der Waals surface area contributed by atoms with Gasteiger partial charge < -0.3 is 14.6 Å². The maximum absolute atomic E-state index is 13.4. The second-order valence-electron chi connectivity index (χ2n) is 8.36. The van der Waals surface area contributed by atoms with Crippen molar-refractivity contribution in [3.05, 3.63) is 107 Å². The Kier molecular flexibility index (Phi) is 7.99. The van der Waals surface area contributed by atoms with Gasteiger partial charge in [0.15, 0.2) is 0 Å². The van der Waals surface area contributed by atoms with E-state index < -0.39 is 0 Å². The zero-order chi connectivity index (χ0) is 23.9. The van der Waals surface area contributed by atoms with Crippen LogP contribution in [0.15, 0.2) is 79.0 Å². The van der Waals surface area contributed by atoms with E-state index in [4.69, 9.17) is 16.3 Å². The number of carbonyl (C=O) groups excluding carboxylic acids is 1. The van der Waals surface area contributed by atoms with Crippen LogP contribution in [0.3, 0.4) is 0 Å². The number of rotatable bonds is 10. The van der Waals surface area contributed by atoms with Crippen molar-refractivity contribution in [1.29, 1.82) is 0 Å². The van der Waals surface area contributed by atoms with Crippen LogP contribution < -0.4 is 5.32 Å². The molecule has 4 nitrogen and oxygen atoms in total. The monoisotopic (exact) mass is 478 g/mol. The molecule has 0 saturated carbocycles. The van der Waals surface area contributed by atoms with Crippen molar-refractivity contribution in [3.63, 3.8) is 0 Å². The van der Waals surface area contributed by atoms with E-state index in [2.05, 4.69) is 28.2 Å². The fraction of sp³-hybridized carbons (Fsp3) is 0.250. The Labute approximate surface area is 204 Å². The number of ether oxygens (including phenoxy) is 1. The summed E-state index contributed by atoms with van der Waals surface area (Å²) in [5.41, 5.74) is 4.12. The molecule has 1 aromatic heterocycles. The van der Waals surface area contributed by atoms with E-state index in [1.54, 1.807) is 19.2 Å². The standard InChI is InChI=1S/C28H28ClFN2O2/c1-34-15-5-14-31-28(33)17-25(21-6-4-7-22(29)16-21)26-19-32(27-9-3-2-8-24(26)27)18-20-10-12-23(30)13-11-20/h2-4,6-13,16,19,25H,5,14-15,17-18H2,1H3,(H,31,33). The number of benzene rings is 3. The van der Waals surface area contributed by atoms with Gasteiger partial charge >= 0.3 is 0 Å². The largest absolute Gasteiger partial charge is 0.385 e. The third-order valence-electron chi connectivity index (χ3n) is 5.95. The first-order chi connectivity index (χ1) is 16.5. The molecular formula is C28H28ClFN2O2. The number of carbonyl (C=O) groups is 1. The zero-order valence-corrected chi connectivity index (χ0v) is 19.9. The Morgan fingerprint density at radius 1 is 1.09 bits per heavy atom. The molecule has 0 aliphatic heterocycles. The summed E-state index contributed by atoms with van der Waals surface area (Å²) in [7, 11) is 1.65. The molecule has 1 unspecified atom stereocenters. The van der Waals surface area contributed by atoms with Gasteiger partial charge in [0.25, 0.3) is 0 Å². The van der Waals surface area contributed by atoms with Crippen molar-refractivity contribution in [3.8, 4) is 0 Å². The number of fused-ring (bicyclic) bond motifs is 1. The van der Waals surface area contributed by atoms with Gasteiger partial charge in [-0.2, -0.15) is 0 Å². The molecule has 0 aliphatic carbocycles. The highest BCUT2D eigenvalue weighted by Gasteiger charge is 2.23. The van der Waals surface area contributed by atoms with Gasteiger partial charge in [0.05, 0.1) is 0 Å². The number of nitrogens with one attached hydrogen (secondary N) is 1. The van der Waals surface area contributed by atoms with Gasteiger partial charge in [-0.25, -0.2) is 4.39 Å². The molecule has 6 heteroatoms. The lowest BCUT2D eigenvalue weighted by Crippen LogP contribution is -2.27. The van der Waals surface area contributed by atoms with Crippen LogP contribution in [0.1, 0.15) is 35.4 Å². The first-order valence-electron chi connectivity index (χ1n) is 11.4. The van der Waals surface area contributed by atoms with E-state index in [-0.39, 0.29) is 17.6 Å². The maximum atomic E-state index is 13.4. The number of halogens is 2. The number of methoxy groups -OCH3 is 1. The third-order valence-corrected chi connectivity index (χ3v) is 6.18. The summed E-state index contributed by atoms with van der Waals surface area (Å²) in [4.78, 5) is 12.9. The van der Waals surface area contributed by atoms with Crippen molar-refractivity contribution < 1.29 is 13.9 Å². The molecule has 1 atom stereocenters. The zero-order valence-electron chi connectivity index (χ0n) is 19.1. The fourth-order valence-electron chi connectivity index (χ4n) is 4.30. The van der Waals surface area contributed by atoms with Crippen LogP contribution in [-0.4, -0.2) is 30.7 Å². The number of hydrogen-bond donors (Lipinski definition) is 1. The molecule has 1 N–H and O–H groups in total. The van der Waals surface area contributed by atoms with E-state index in [1.807, 2.05) is 36.4 Å². The molecule has 0 spiro atoms. The van der Waals surface area contributed by atoms with Crippen molar-refractivity contribution >= 4 is 28.4 Å². The Bertz CT molecular complexity index is 1250. The topological polar surface area (TPSA) is 43.3 Å². The van der Waals surface area contributed by atoms with E-state index in [9.17, 15) is 9.18 Å². The lowest BCUT2D eigenvalue weighted by molar-refractivity contribution is -0.121. The smallest absolute Gasteiger partial charge is 0.220 e. The van der Waals surface area contributed by atoms with Crippen LogP contribution >= 0.6 is 11.6 Å². The molecule has 0 bridgehead atoms. The lowest BCUT2D eigenvalue weighted by Gasteiger charge is -2.18. The SMILES string of the molecule is COCCCNC(=O)CC(c1cccc(Cl)c1)c1cn(Cc2ccc(F)cc2)c2ccccc12. The van der Waals surface area contributed by atoms with Gasteiger partial charge in [0.1, 0.15) is 5.82 Å². The highest BCUT2D eigenvalue weighted by molar-refractivity contribution is 6.30. The maximum Gasteiger partial charge on any atom is 0.220 e.